The molecule has 2 heterocycles. The Balaban J connectivity index is 2.12. The van der Waals surface area contributed by atoms with Gasteiger partial charge in [0.05, 0.1) is 16.3 Å². The Labute approximate surface area is 143 Å². The highest BCUT2D eigenvalue weighted by Crippen LogP contribution is 2.49. The third-order valence-corrected chi connectivity index (χ3v) is 6.10. The van der Waals surface area contributed by atoms with Crippen molar-refractivity contribution in [2.24, 2.45) is 0 Å². The topological polar surface area (TPSA) is 92.1 Å². The lowest BCUT2D eigenvalue weighted by atomic mass is 10.1. The second-order valence-corrected chi connectivity index (χ2v) is 7.82. The minimum Gasteiger partial charge on any atom is -0.383 e. The Morgan fingerprint density at radius 2 is 1.92 bits per heavy atom. The predicted molar refractivity (Wildman–Crippen MR) is 92.9 cm³/mol. The van der Waals surface area contributed by atoms with Crippen molar-refractivity contribution >= 4 is 44.4 Å². The fraction of sp³-hybridized carbons (Fsp3) is 0.0625. The minimum atomic E-state index is -3.81. The van der Waals surface area contributed by atoms with E-state index in [0.717, 1.165) is 11.3 Å². The van der Waals surface area contributed by atoms with E-state index in [1.165, 1.54) is 6.07 Å². The molecule has 4 rings (SSSR count). The molecule has 3 aromatic rings. The highest BCUT2D eigenvalue weighted by molar-refractivity contribution is 7.92. The largest absolute Gasteiger partial charge is 0.383 e. The number of benzene rings is 2. The molecule has 0 radical (unpaired) electrons. The molecule has 24 heavy (non-hydrogen) atoms. The maximum Gasteiger partial charge on any atom is 0.216 e. The van der Waals surface area contributed by atoms with Crippen LogP contribution in [0, 0.1) is 6.92 Å². The number of hydrogen-bond donors (Lipinski definition) is 2. The molecule has 0 unspecified atom stereocenters. The Morgan fingerprint density at radius 1 is 1.17 bits per heavy atom. The van der Waals surface area contributed by atoms with Crippen LogP contribution in [0.5, 0.6) is 0 Å². The van der Waals surface area contributed by atoms with Crippen LogP contribution in [0.2, 0.25) is 5.02 Å². The van der Waals surface area contributed by atoms with Crippen LogP contribution in [0.1, 0.15) is 5.56 Å². The Morgan fingerprint density at radius 3 is 2.67 bits per heavy atom. The molecule has 122 valence electrons. The third kappa shape index (κ3) is 1.95. The van der Waals surface area contributed by atoms with Gasteiger partial charge in [-0.2, -0.15) is 5.10 Å². The lowest BCUT2D eigenvalue weighted by Gasteiger charge is -2.30. The van der Waals surface area contributed by atoms with E-state index in [4.69, 9.17) is 17.3 Å². The van der Waals surface area contributed by atoms with Gasteiger partial charge in [-0.25, -0.2) is 8.42 Å². The molecular weight excluding hydrogens is 348 g/mol. The summed E-state index contributed by atoms with van der Waals surface area (Å²) in [5.74, 6) is 0.269. The standard InChI is InChI=1S/C16H13ClN4O2S/c1-9-4-2-3-5-11(9)21-12-7-6-10(17)8-13(12)24(22,23)14-15(18)19-20-16(14)21/h2-8H,1H3,(H3,18,19,20). The number of fused-ring (bicyclic) bond motifs is 2. The van der Waals surface area contributed by atoms with Crippen molar-refractivity contribution in [1.29, 1.82) is 0 Å². The molecule has 0 saturated heterocycles. The van der Waals surface area contributed by atoms with Crippen molar-refractivity contribution in [3.05, 3.63) is 53.1 Å². The van der Waals surface area contributed by atoms with Crippen molar-refractivity contribution < 1.29 is 8.42 Å². The SMILES string of the molecule is Cc1ccccc1N1c2ccc(Cl)cc2S(=O)(=O)c2c1n[nH]c2N. The summed E-state index contributed by atoms with van der Waals surface area (Å²) in [7, 11) is -3.81. The monoisotopic (exact) mass is 360 g/mol. The summed E-state index contributed by atoms with van der Waals surface area (Å²) in [5.41, 5.74) is 8.15. The molecule has 1 aliphatic rings. The van der Waals surface area contributed by atoms with Gasteiger partial charge < -0.3 is 5.73 Å². The lowest BCUT2D eigenvalue weighted by Crippen LogP contribution is -2.22. The number of nitrogens with one attached hydrogen (secondary N) is 1. The van der Waals surface area contributed by atoms with Crippen LogP contribution < -0.4 is 10.6 Å². The summed E-state index contributed by atoms with van der Waals surface area (Å²) in [4.78, 5) is 1.86. The third-order valence-electron chi connectivity index (χ3n) is 4.02. The van der Waals surface area contributed by atoms with E-state index in [2.05, 4.69) is 10.2 Å². The van der Waals surface area contributed by atoms with Gasteiger partial charge in [0.1, 0.15) is 5.82 Å². The molecule has 0 saturated carbocycles. The normalized spacial score (nSPS) is 15.0. The van der Waals surface area contributed by atoms with Crippen molar-refractivity contribution in [2.45, 2.75) is 16.7 Å². The molecule has 1 aliphatic heterocycles. The number of aromatic nitrogens is 2. The van der Waals surface area contributed by atoms with Crippen LogP contribution >= 0.6 is 11.6 Å². The highest BCUT2D eigenvalue weighted by Gasteiger charge is 2.39. The number of aromatic amines is 1. The fourth-order valence-electron chi connectivity index (χ4n) is 2.92. The zero-order valence-corrected chi connectivity index (χ0v) is 14.2. The minimum absolute atomic E-state index is 0.00853. The number of halogens is 1. The molecule has 0 fully saturated rings. The first-order valence-corrected chi connectivity index (χ1v) is 9.01. The summed E-state index contributed by atoms with van der Waals surface area (Å²) < 4.78 is 25.9. The first-order chi connectivity index (χ1) is 11.4. The first-order valence-electron chi connectivity index (χ1n) is 7.15. The molecule has 3 N–H and O–H groups in total. The van der Waals surface area contributed by atoms with Gasteiger partial charge >= 0.3 is 0 Å². The summed E-state index contributed by atoms with van der Waals surface area (Å²) in [6, 6.07) is 12.4. The summed E-state index contributed by atoms with van der Waals surface area (Å²) in [5, 5.41) is 7.05. The van der Waals surface area contributed by atoms with E-state index < -0.39 is 9.84 Å². The van der Waals surface area contributed by atoms with Crippen LogP contribution in [0.3, 0.4) is 0 Å². The summed E-state index contributed by atoms with van der Waals surface area (Å²) in [6.45, 7) is 1.95. The van der Waals surface area contributed by atoms with Gasteiger partial charge in [0.15, 0.2) is 10.7 Å². The number of nitrogens with zero attached hydrogens (tertiary/aromatic N) is 2. The van der Waals surface area contributed by atoms with E-state index in [1.54, 1.807) is 17.0 Å². The lowest BCUT2D eigenvalue weighted by molar-refractivity contribution is 0.595. The van der Waals surface area contributed by atoms with Crippen molar-refractivity contribution in [1.82, 2.24) is 10.2 Å². The van der Waals surface area contributed by atoms with Gasteiger partial charge in [-0.05, 0) is 36.8 Å². The second kappa shape index (κ2) is 4.99. The van der Waals surface area contributed by atoms with Crippen LogP contribution in [0.4, 0.5) is 23.0 Å². The molecule has 2 aromatic carbocycles. The van der Waals surface area contributed by atoms with Crippen molar-refractivity contribution in [3.63, 3.8) is 0 Å². The van der Waals surface area contributed by atoms with Gasteiger partial charge in [0.2, 0.25) is 9.84 Å². The first kappa shape index (κ1) is 15.0. The number of hydrogen-bond acceptors (Lipinski definition) is 5. The van der Waals surface area contributed by atoms with Crippen LogP contribution in [-0.2, 0) is 9.84 Å². The number of aryl methyl sites for hydroxylation is 1. The zero-order valence-electron chi connectivity index (χ0n) is 12.6. The van der Waals surface area contributed by atoms with Gasteiger partial charge in [0.25, 0.3) is 0 Å². The number of H-pyrrole nitrogens is 1. The number of para-hydroxylation sites is 1. The molecule has 0 spiro atoms. The molecule has 0 bridgehead atoms. The van der Waals surface area contributed by atoms with E-state index in [-0.39, 0.29) is 21.4 Å². The summed E-state index contributed by atoms with van der Waals surface area (Å²) in [6.07, 6.45) is 0. The Kier molecular flexibility index (Phi) is 3.13. The van der Waals surface area contributed by atoms with E-state index in [9.17, 15) is 8.42 Å². The van der Waals surface area contributed by atoms with Crippen molar-refractivity contribution in [3.8, 4) is 0 Å². The summed E-state index contributed by atoms with van der Waals surface area (Å²) >= 11 is 6.03. The molecule has 1 aromatic heterocycles. The van der Waals surface area contributed by atoms with Gasteiger partial charge in [-0.1, -0.05) is 29.8 Å². The molecule has 0 atom stereocenters. The quantitative estimate of drug-likeness (QED) is 0.541. The number of rotatable bonds is 1. The molecule has 8 heteroatoms. The maximum absolute atomic E-state index is 13.0. The highest BCUT2D eigenvalue weighted by atomic mass is 35.5. The Bertz CT molecular complexity index is 1080. The van der Waals surface area contributed by atoms with E-state index in [0.29, 0.717) is 10.7 Å². The fourth-order valence-corrected chi connectivity index (χ4v) is 4.81. The van der Waals surface area contributed by atoms with Crippen LogP contribution in [0.15, 0.2) is 52.3 Å². The molecule has 6 nitrogen and oxygen atoms in total. The van der Waals surface area contributed by atoms with Crippen molar-refractivity contribution in [2.75, 3.05) is 10.6 Å². The number of anilines is 4. The maximum atomic E-state index is 13.0. The molecule has 0 amide bonds. The van der Waals surface area contributed by atoms with Crippen LogP contribution in [-0.4, -0.2) is 18.6 Å². The zero-order chi connectivity index (χ0) is 17.1. The Hall–Kier alpha value is -2.51. The average molecular weight is 361 g/mol. The van der Waals surface area contributed by atoms with Crippen LogP contribution in [0.25, 0.3) is 0 Å². The smallest absolute Gasteiger partial charge is 0.216 e. The number of sulfone groups is 1. The van der Waals surface area contributed by atoms with Gasteiger partial charge in [-0.3, -0.25) is 10.00 Å². The van der Waals surface area contributed by atoms with E-state index >= 15 is 0 Å². The van der Waals surface area contributed by atoms with Gasteiger partial charge in [-0.15, -0.1) is 0 Å². The average Bonchev–Trinajstić information content (AvgIpc) is 2.92. The number of nitrogen functional groups attached to an aromatic ring is 1. The molecular formula is C16H13ClN4O2S. The molecule has 0 aliphatic carbocycles. The van der Waals surface area contributed by atoms with E-state index in [1.807, 2.05) is 31.2 Å². The van der Waals surface area contributed by atoms with Gasteiger partial charge in [0, 0.05) is 5.02 Å². The predicted octanol–water partition coefficient (Wildman–Crippen LogP) is 3.57. The number of nitrogens with two attached hydrogens (primary N) is 1. The second-order valence-electron chi connectivity index (χ2n) is 5.53.